The average Bonchev–Trinajstić information content (AvgIpc) is 3.50. The van der Waals surface area contributed by atoms with Gasteiger partial charge in [-0.15, -0.1) is 0 Å². The minimum Gasteiger partial charge on any atom is -0.497 e. The number of ether oxygens (including phenoxy) is 4. The monoisotopic (exact) mass is 514 g/mol. The first-order chi connectivity index (χ1) is 18.4. The van der Waals surface area contributed by atoms with E-state index in [9.17, 15) is 4.79 Å². The van der Waals surface area contributed by atoms with Crippen LogP contribution in [0.4, 0.5) is 0 Å². The number of nitrogens with one attached hydrogen (secondary N) is 1. The molecular weight excluding hydrogens is 480 g/mol. The fourth-order valence-electron chi connectivity index (χ4n) is 5.09. The standard InChI is InChI=1S/C31H34N2O5/c1-20-27(31(34)32-28-16-24-15-23(28)17-33(24)2)13-14-29(37-18-21-5-9-25(35-3)10-6-21)30(20)38-19-22-7-11-26(36-4)12-8-22/h5-14,17,24,28H,15-16,18-19H2,1-4H3,(H,32,34)/t24-,28+/m0/s1. The highest BCUT2D eigenvalue weighted by atomic mass is 16.5. The Labute approximate surface area is 224 Å². The van der Waals surface area contributed by atoms with E-state index in [1.165, 1.54) is 5.57 Å². The first-order valence-electron chi connectivity index (χ1n) is 12.8. The fourth-order valence-corrected chi connectivity index (χ4v) is 5.09. The van der Waals surface area contributed by atoms with Gasteiger partial charge in [-0.2, -0.15) is 0 Å². The maximum absolute atomic E-state index is 13.4. The minimum absolute atomic E-state index is 0.0813. The molecule has 1 amide bonds. The van der Waals surface area contributed by atoms with Crippen molar-refractivity contribution in [1.82, 2.24) is 10.2 Å². The van der Waals surface area contributed by atoms with Crippen molar-refractivity contribution < 1.29 is 23.7 Å². The van der Waals surface area contributed by atoms with Crippen LogP contribution in [0.1, 0.15) is 39.9 Å². The van der Waals surface area contributed by atoms with Crippen molar-refractivity contribution in [1.29, 1.82) is 0 Å². The van der Waals surface area contributed by atoms with E-state index in [0.717, 1.165) is 41.0 Å². The first-order valence-corrected chi connectivity index (χ1v) is 12.8. The summed E-state index contributed by atoms with van der Waals surface area (Å²) >= 11 is 0. The molecule has 7 nitrogen and oxygen atoms in total. The Balaban J connectivity index is 1.36. The number of carbonyl (C=O) groups is 1. The lowest BCUT2D eigenvalue weighted by Crippen LogP contribution is -2.38. The third-order valence-corrected chi connectivity index (χ3v) is 7.39. The van der Waals surface area contributed by atoms with Gasteiger partial charge in [0.15, 0.2) is 11.5 Å². The van der Waals surface area contributed by atoms with Crippen molar-refractivity contribution in [2.45, 2.75) is 45.1 Å². The smallest absolute Gasteiger partial charge is 0.252 e. The van der Waals surface area contributed by atoms with Gasteiger partial charge in [0.2, 0.25) is 0 Å². The van der Waals surface area contributed by atoms with Crippen LogP contribution in [0.3, 0.4) is 0 Å². The summed E-state index contributed by atoms with van der Waals surface area (Å²) in [4.78, 5) is 15.6. The van der Waals surface area contributed by atoms with Crippen molar-refractivity contribution in [2.75, 3.05) is 21.3 Å². The number of rotatable bonds is 10. The Kier molecular flexibility index (Phi) is 7.45. The van der Waals surface area contributed by atoms with Gasteiger partial charge in [0.05, 0.1) is 20.3 Å². The molecule has 1 saturated carbocycles. The van der Waals surface area contributed by atoms with Crippen LogP contribution in [-0.4, -0.2) is 44.2 Å². The largest absolute Gasteiger partial charge is 0.497 e. The van der Waals surface area contributed by atoms with Crippen molar-refractivity contribution in [2.24, 2.45) is 0 Å². The third kappa shape index (κ3) is 5.42. The molecule has 0 spiro atoms. The molecule has 1 heterocycles. The minimum atomic E-state index is -0.0976. The summed E-state index contributed by atoms with van der Waals surface area (Å²) in [5.41, 5.74) is 4.61. The topological polar surface area (TPSA) is 69.3 Å². The van der Waals surface area contributed by atoms with Crippen LogP contribution in [-0.2, 0) is 13.2 Å². The van der Waals surface area contributed by atoms with Crippen LogP contribution in [0.2, 0.25) is 0 Å². The van der Waals surface area contributed by atoms with E-state index >= 15 is 0 Å². The summed E-state index contributed by atoms with van der Waals surface area (Å²) in [5.74, 6) is 2.64. The molecule has 0 radical (unpaired) electrons. The van der Waals surface area contributed by atoms with Crippen LogP contribution in [0.15, 0.2) is 72.4 Å². The number of hydrogen-bond acceptors (Lipinski definition) is 6. The highest BCUT2D eigenvalue weighted by molar-refractivity contribution is 5.97. The fraction of sp³-hybridized carbons (Fsp3) is 0.323. The van der Waals surface area contributed by atoms with E-state index in [0.29, 0.717) is 36.3 Å². The van der Waals surface area contributed by atoms with Crippen LogP contribution in [0.5, 0.6) is 23.0 Å². The number of carbonyl (C=O) groups excluding carboxylic acids is 1. The summed E-state index contributed by atoms with van der Waals surface area (Å²) in [5, 5.41) is 3.23. The normalized spacial score (nSPS) is 17.7. The predicted molar refractivity (Wildman–Crippen MR) is 146 cm³/mol. The van der Waals surface area contributed by atoms with Gasteiger partial charge in [-0.3, -0.25) is 4.79 Å². The van der Waals surface area contributed by atoms with Crippen molar-refractivity contribution in [3.63, 3.8) is 0 Å². The molecule has 5 rings (SSSR count). The molecule has 1 aliphatic heterocycles. The second kappa shape index (κ2) is 11.1. The Morgan fingerprint density at radius 1 is 0.895 bits per heavy atom. The number of benzene rings is 3. The van der Waals surface area contributed by atoms with E-state index < -0.39 is 0 Å². The van der Waals surface area contributed by atoms with Gasteiger partial charge in [0, 0.05) is 30.4 Å². The molecular formula is C31H34N2O5. The Morgan fingerprint density at radius 3 is 2.03 bits per heavy atom. The maximum atomic E-state index is 13.4. The van der Waals surface area contributed by atoms with E-state index in [1.807, 2.05) is 67.6 Å². The van der Waals surface area contributed by atoms with Gasteiger partial charge in [-0.25, -0.2) is 0 Å². The van der Waals surface area contributed by atoms with E-state index in [-0.39, 0.29) is 11.9 Å². The number of amides is 1. The molecule has 3 aromatic rings. The van der Waals surface area contributed by atoms with Crippen molar-refractivity contribution in [3.05, 3.63) is 94.7 Å². The van der Waals surface area contributed by atoms with Crippen LogP contribution >= 0.6 is 0 Å². The summed E-state index contributed by atoms with van der Waals surface area (Å²) in [7, 11) is 5.38. The second-order valence-corrected chi connectivity index (χ2v) is 9.83. The van der Waals surface area contributed by atoms with Crippen LogP contribution in [0.25, 0.3) is 0 Å². The molecule has 1 fully saturated rings. The second-order valence-electron chi connectivity index (χ2n) is 9.83. The average molecular weight is 515 g/mol. The van der Waals surface area contributed by atoms with Crippen LogP contribution < -0.4 is 24.3 Å². The summed E-state index contributed by atoms with van der Waals surface area (Å²) in [6.07, 6.45) is 4.12. The zero-order chi connectivity index (χ0) is 26.6. The summed E-state index contributed by atoms with van der Waals surface area (Å²) in [6, 6.07) is 19.7. The zero-order valence-electron chi connectivity index (χ0n) is 22.3. The Hall–Kier alpha value is -4.13. The lowest BCUT2D eigenvalue weighted by atomic mass is 10.0. The van der Waals surface area contributed by atoms with Gasteiger partial charge >= 0.3 is 0 Å². The Morgan fingerprint density at radius 2 is 1.50 bits per heavy atom. The lowest BCUT2D eigenvalue weighted by molar-refractivity contribution is 0.0938. The summed E-state index contributed by atoms with van der Waals surface area (Å²) < 4.78 is 23.0. The Bertz CT molecular complexity index is 1320. The molecule has 2 aliphatic rings. The van der Waals surface area contributed by atoms with Gasteiger partial charge in [0.1, 0.15) is 24.7 Å². The maximum Gasteiger partial charge on any atom is 0.252 e. The number of fused-ring (bicyclic) bond motifs is 2. The molecule has 3 aromatic carbocycles. The molecule has 2 bridgehead atoms. The van der Waals surface area contributed by atoms with Gasteiger partial charge in [0.25, 0.3) is 5.91 Å². The van der Waals surface area contributed by atoms with Gasteiger partial charge < -0.3 is 29.2 Å². The number of methoxy groups -OCH3 is 2. The molecule has 0 aromatic heterocycles. The van der Waals surface area contributed by atoms with Gasteiger partial charge in [-0.05, 0) is 72.9 Å². The number of nitrogens with zero attached hydrogens (tertiary/aromatic N) is 1. The third-order valence-electron chi connectivity index (χ3n) is 7.39. The molecule has 7 heteroatoms. The molecule has 198 valence electrons. The van der Waals surface area contributed by atoms with E-state index in [4.69, 9.17) is 18.9 Å². The SMILES string of the molecule is COc1ccc(COc2ccc(C(=O)N[C@@H]3C[C@@H]4CC3=CN4C)c(C)c2OCc2ccc(OC)cc2)cc1. The lowest BCUT2D eigenvalue weighted by Gasteiger charge is -2.25. The van der Waals surface area contributed by atoms with Crippen molar-refractivity contribution in [3.8, 4) is 23.0 Å². The molecule has 1 N–H and O–H groups in total. The van der Waals surface area contributed by atoms with E-state index in [2.05, 4.69) is 23.5 Å². The van der Waals surface area contributed by atoms with Gasteiger partial charge in [-0.1, -0.05) is 24.3 Å². The molecule has 0 saturated heterocycles. The predicted octanol–water partition coefficient (Wildman–Crippen LogP) is 5.26. The zero-order valence-corrected chi connectivity index (χ0v) is 22.3. The first kappa shape index (κ1) is 25.5. The molecule has 2 atom stereocenters. The highest BCUT2D eigenvalue weighted by Gasteiger charge is 2.37. The molecule has 38 heavy (non-hydrogen) atoms. The van der Waals surface area contributed by atoms with Crippen molar-refractivity contribution >= 4 is 5.91 Å². The molecule has 0 unspecified atom stereocenters. The van der Waals surface area contributed by atoms with Crippen LogP contribution in [0, 0.1) is 6.92 Å². The molecule has 1 aliphatic carbocycles. The number of hydrogen-bond donors (Lipinski definition) is 1. The summed E-state index contributed by atoms with van der Waals surface area (Å²) in [6.45, 7) is 2.60. The van der Waals surface area contributed by atoms with E-state index in [1.54, 1.807) is 14.2 Å². The highest BCUT2D eigenvalue weighted by Crippen LogP contribution is 2.37. The quantitative estimate of drug-likeness (QED) is 0.398.